The zero-order valence-corrected chi connectivity index (χ0v) is 22.6. The van der Waals surface area contributed by atoms with E-state index < -0.39 is 12.0 Å². The highest BCUT2D eigenvalue weighted by Crippen LogP contribution is 2.34. The van der Waals surface area contributed by atoms with E-state index in [-0.39, 0.29) is 35.2 Å². The number of aromatic nitrogens is 2. The molecule has 0 aromatic carbocycles. The monoisotopic (exact) mass is 543 g/mol. The first-order chi connectivity index (χ1) is 17.7. The van der Waals surface area contributed by atoms with E-state index in [4.69, 9.17) is 21.9 Å². The number of hydrogen-bond donors (Lipinski definition) is 1. The molecule has 0 bridgehead atoms. The molecule has 2 aliphatic rings. The lowest BCUT2D eigenvalue weighted by molar-refractivity contribution is -0.143. The minimum Gasteiger partial charge on any atom is -0.469 e. The Morgan fingerprint density at radius 2 is 2.08 bits per heavy atom. The van der Waals surface area contributed by atoms with Gasteiger partial charge in [0.25, 0.3) is 11.5 Å². The molecule has 1 unspecified atom stereocenters. The molecule has 37 heavy (non-hydrogen) atoms. The summed E-state index contributed by atoms with van der Waals surface area (Å²) in [5, 5.41) is 2.76. The van der Waals surface area contributed by atoms with Gasteiger partial charge in [0.1, 0.15) is 21.8 Å². The maximum atomic E-state index is 13.8. The zero-order valence-electron chi connectivity index (χ0n) is 21.0. The summed E-state index contributed by atoms with van der Waals surface area (Å²) in [5.74, 6) is -0.951. The average molecular weight is 544 g/mol. The number of thioether (sulfide) groups is 1. The van der Waals surface area contributed by atoms with E-state index in [1.54, 1.807) is 22.1 Å². The van der Waals surface area contributed by atoms with Crippen molar-refractivity contribution in [1.29, 1.82) is 0 Å². The summed E-state index contributed by atoms with van der Waals surface area (Å²) in [5.41, 5.74) is 1.01. The van der Waals surface area contributed by atoms with Crippen LogP contribution < -0.4 is 15.8 Å². The van der Waals surface area contributed by atoms with Gasteiger partial charge in [0.15, 0.2) is 0 Å². The maximum Gasteiger partial charge on any atom is 0.308 e. The third kappa shape index (κ3) is 5.54. The van der Waals surface area contributed by atoms with Crippen molar-refractivity contribution in [3.8, 4) is 0 Å². The van der Waals surface area contributed by atoms with Crippen molar-refractivity contribution >= 4 is 63.6 Å². The van der Waals surface area contributed by atoms with Crippen molar-refractivity contribution in [1.82, 2.24) is 19.6 Å². The Morgan fingerprint density at radius 3 is 2.81 bits per heavy atom. The Labute approximate surface area is 224 Å². The molecule has 2 saturated heterocycles. The highest BCUT2D eigenvalue weighted by atomic mass is 32.2. The normalized spacial score (nSPS) is 19.2. The number of ether oxygens (including phenoxy) is 1. The van der Waals surface area contributed by atoms with Crippen LogP contribution in [0.3, 0.4) is 0 Å². The molecular formula is C25H29N5O5S2. The van der Waals surface area contributed by atoms with Crippen LogP contribution in [0.25, 0.3) is 11.7 Å². The molecule has 4 rings (SSSR count). The topological polar surface area (TPSA) is 113 Å². The number of esters is 1. The molecule has 0 spiro atoms. The first-order valence-electron chi connectivity index (χ1n) is 12.1. The van der Waals surface area contributed by atoms with E-state index in [9.17, 15) is 19.2 Å². The van der Waals surface area contributed by atoms with Gasteiger partial charge < -0.3 is 15.0 Å². The highest BCUT2D eigenvalue weighted by Gasteiger charge is 2.36. The molecule has 2 fully saturated rings. The summed E-state index contributed by atoms with van der Waals surface area (Å²) in [6.07, 6.45) is 5.81. The summed E-state index contributed by atoms with van der Waals surface area (Å²) in [6, 6.07) is 2.63. The molecule has 10 nitrogen and oxygen atoms in total. The number of nitrogens with one attached hydrogen (secondary N) is 1. The molecule has 196 valence electrons. The first-order valence-corrected chi connectivity index (χ1v) is 13.4. The lowest BCUT2D eigenvalue weighted by atomic mass is 10.1. The van der Waals surface area contributed by atoms with Gasteiger partial charge in [0.2, 0.25) is 5.91 Å². The number of amides is 2. The number of piperazine rings is 1. The zero-order chi connectivity index (χ0) is 26.7. The summed E-state index contributed by atoms with van der Waals surface area (Å²) in [4.78, 5) is 60.1. The van der Waals surface area contributed by atoms with E-state index >= 15 is 0 Å². The predicted octanol–water partition coefficient (Wildman–Crippen LogP) is 2.26. The lowest BCUT2D eigenvalue weighted by Gasteiger charge is -2.36. The van der Waals surface area contributed by atoms with E-state index in [1.165, 1.54) is 17.6 Å². The smallest absolute Gasteiger partial charge is 0.308 e. The number of aryl methyl sites for hydroxylation is 1. The van der Waals surface area contributed by atoms with Crippen molar-refractivity contribution in [2.45, 2.75) is 45.6 Å². The molecule has 4 heterocycles. The average Bonchev–Trinajstić information content (AvgIpc) is 3.14. The summed E-state index contributed by atoms with van der Waals surface area (Å²) < 4.78 is 6.66. The first kappa shape index (κ1) is 26.8. The van der Waals surface area contributed by atoms with Crippen LogP contribution in [0.4, 0.5) is 5.82 Å². The van der Waals surface area contributed by atoms with Crippen molar-refractivity contribution in [3.05, 3.63) is 44.7 Å². The number of nitrogens with zero attached hydrogens (tertiary/aromatic N) is 4. The van der Waals surface area contributed by atoms with E-state index in [0.717, 1.165) is 36.6 Å². The van der Waals surface area contributed by atoms with Gasteiger partial charge >= 0.3 is 5.97 Å². The van der Waals surface area contributed by atoms with Crippen LogP contribution in [0, 0.1) is 6.92 Å². The molecule has 0 radical (unpaired) electrons. The Bertz CT molecular complexity index is 1350. The van der Waals surface area contributed by atoms with Crippen molar-refractivity contribution in [3.63, 3.8) is 0 Å². The standard InChI is InChI=1S/C25H29N5O5S2/c1-4-5-6-10-29-24(34)18(37-25(29)36)12-16-21(27-19-8-7-15(2)14-30(19)23(16)33)28-11-9-26-22(32)17(28)13-20(31)35-3/h7-8,12,14,17H,4-6,9-11,13H2,1-3H3,(H,26,32)/b18-12-. The summed E-state index contributed by atoms with van der Waals surface area (Å²) in [7, 11) is 1.25. The third-order valence-corrected chi connectivity index (χ3v) is 7.69. The Balaban J connectivity index is 1.84. The Morgan fingerprint density at radius 1 is 1.30 bits per heavy atom. The van der Waals surface area contributed by atoms with Crippen molar-refractivity contribution < 1.29 is 19.1 Å². The van der Waals surface area contributed by atoms with Gasteiger partial charge in [0.05, 0.1) is 24.0 Å². The Hall–Kier alpha value is -3.25. The van der Waals surface area contributed by atoms with Crippen LogP contribution in [0.2, 0.25) is 0 Å². The number of anilines is 1. The lowest BCUT2D eigenvalue weighted by Crippen LogP contribution is -2.57. The highest BCUT2D eigenvalue weighted by molar-refractivity contribution is 8.26. The molecule has 1 atom stereocenters. The third-order valence-electron chi connectivity index (χ3n) is 6.31. The fourth-order valence-corrected chi connectivity index (χ4v) is 5.64. The molecular weight excluding hydrogens is 514 g/mol. The number of thiocarbonyl (C=S) groups is 1. The van der Waals surface area contributed by atoms with Crippen molar-refractivity contribution in [2.24, 2.45) is 0 Å². The quantitative estimate of drug-likeness (QED) is 0.232. The number of rotatable bonds is 8. The number of carbonyl (C=O) groups is 3. The number of methoxy groups -OCH3 is 1. The largest absolute Gasteiger partial charge is 0.469 e. The summed E-state index contributed by atoms with van der Waals surface area (Å²) >= 11 is 6.60. The fourth-order valence-electron chi connectivity index (χ4n) is 4.35. The van der Waals surface area contributed by atoms with Gasteiger partial charge in [-0.25, -0.2) is 4.98 Å². The van der Waals surface area contributed by atoms with Crippen LogP contribution in [0.5, 0.6) is 0 Å². The van der Waals surface area contributed by atoms with Gasteiger partial charge in [-0.1, -0.05) is 49.8 Å². The minimum absolute atomic E-state index is 0.154. The number of fused-ring (bicyclic) bond motifs is 1. The number of unbranched alkanes of at least 4 members (excludes halogenated alkanes) is 2. The molecule has 2 aromatic heterocycles. The molecule has 1 N–H and O–H groups in total. The number of pyridine rings is 1. The van der Waals surface area contributed by atoms with Crippen LogP contribution in [0.15, 0.2) is 28.0 Å². The second-order valence-electron chi connectivity index (χ2n) is 8.91. The number of carbonyl (C=O) groups excluding carboxylic acids is 3. The SMILES string of the molecule is CCCCCN1C(=O)/C(=C/c2c(N3CCNC(=O)C3CC(=O)OC)nc3ccc(C)cn3c2=O)SC1=S. The molecule has 2 aromatic rings. The maximum absolute atomic E-state index is 13.8. The molecule has 2 amide bonds. The second kappa shape index (κ2) is 11.4. The minimum atomic E-state index is -0.920. The van der Waals surface area contributed by atoms with Gasteiger partial charge in [0, 0.05) is 25.8 Å². The van der Waals surface area contributed by atoms with Crippen LogP contribution in [-0.4, -0.2) is 69.2 Å². The van der Waals surface area contributed by atoms with Gasteiger partial charge in [-0.2, -0.15) is 0 Å². The molecule has 12 heteroatoms. The van der Waals surface area contributed by atoms with Crippen LogP contribution in [0.1, 0.15) is 43.7 Å². The van der Waals surface area contributed by atoms with E-state index in [1.807, 2.05) is 13.0 Å². The number of hydrogen-bond acceptors (Lipinski definition) is 9. The second-order valence-corrected chi connectivity index (χ2v) is 10.6. The summed E-state index contributed by atoms with van der Waals surface area (Å²) in [6.45, 7) is 5.10. The van der Waals surface area contributed by atoms with Gasteiger partial charge in [-0.15, -0.1) is 0 Å². The Kier molecular flexibility index (Phi) is 8.28. The van der Waals surface area contributed by atoms with Crippen LogP contribution >= 0.6 is 24.0 Å². The van der Waals surface area contributed by atoms with Gasteiger partial charge in [-0.05, 0) is 31.1 Å². The molecule has 0 saturated carbocycles. The fraction of sp³-hybridized carbons (Fsp3) is 0.440. The van der Waals surface area contributed by atoms with Crippen LogP contribution in [-0.2, 0) is 19.1 Å². The van der Waals surface area contributed by atoms with Gasteiger partial charge in [-0.3, -0.25) is 28.5 Å². The molecule has 0 aliphatic carbocycles. The van der Waals surface area contributed by atoms with Crippen molar-refractivity contribution in [2.75, 3.05) is 31.6 Å². The van der Waals surface area contributed by atoms with E-state index in [2.05, 4.69) is 12.2 Å². The molecule has 2 aliphatic heterocycles. The predicted molar refractivity (Wildman–Crippen MR) is 146 cm³/mol. The van der Waals surface area contributed by atoms with E-state index in [0.29, 0.717) is 34.5 Å².